The van der Waals surface area contributed by atoms with Crippen molar-refractivity contribution in [3.8, 4) is 5.75 Å². The summed E-state index contributed by atoms with van der Waals surface area (Å²) in [6.07, 6.45) is 1.62. The summed E-state index contributed by atoms with van der Waals surface area (Å²) in [5.74, 6) is 0.512. The molecule has 1 saturated heterocycles. The van der Waals surface area contributed by atoms with Crippen LogP contribution >= 0.6 is 0 Å². The maximum atomic E-state index is 12.7. The number of ether oxygens (including phenoxy) is 2. The first-order chi connectivity index (χ1) is 16.1. The van der Waals surface area contributed by atoms with Crippen molar-refractivity contribution in [2.45, 2.75) is 64.6 Å². The molecule has 1 aliphatic heterocycles. The number of nitrogens with zero attached hydrogens (tertiary/aromatic N) is 2. The lowest BCUT2D eigenvalue weighted by molar-refractivity contribution is -0.274. The number of nitrogens with two attached hydrogens (primary N) is 1. The number of pyridine rings is 1. The molecule has 10 heteroatoms. The highest BCUT2D eigenvalue weighted by Crippen LogP contribution is 2.61. The number of halogens is 3. The van der Waals surface area contributed by atoms with E-state index in [9.17, 15) is 13.2 Å². The summed E-state index contributed by atoms with van der Waals surface area (Å²) in [5, 5.41) is 12.1. The van der Waals surface area contributed by atoms with Gasteiger partial charge in [-0.2, -0.15) is 0 Å². The molecule has 7 nitrogen and oxygen atoms in total. The fraction of sp³-hybridized carbons (Fsp3) is 0.667. The van der Waals surface area contributed by atoms with E-state index in [-0.39, 0.29) is 29.2 Å². The lowest BCUT2D eigenvalue weighted by atomic mass is 10.00. The predicted molar refractivity (Wildman–Crippen MR) is 124 cm³/mol. The van der Waals surface area contributed by atoms with E-state index in [0.29, 0.717) is 23.8 Å². The van der Waals surface area contributed by atoms with Gasteiger partial charge in [-0.3, -0.25) is 4.90 Å². The quantitative estimate of drug-likeness (QED) is 0.487. The number of alkyl halides is 3. The van der Waals surface area contributed by atoms with Crippen molar-refractivity contribution in [1.29, 1.82) is 5.41 Å². The number of hydrogen-bond donors (Lipinski definition) is 3. The molecule has 34 heavy (non-hydrogen) atoms. The molecule has 0 bridgehead atoms. The average molecular weight is 482 g/mol. The molecule has 2 aliphatic carbocycles. The van der Waals surface area contributed by atoms with Crippen molar-refractivity contribution >= 4 is 11.5 Å². The molecule has 0 amide bonds. The second-order valence-corrected chi connectivity index (χ2v) is 9.78. The van der Waals surface area contributed by atoms with Crippen LogP contribution in [-0.4, -0.2) is 59.8 Å². The molecule has 3 aliphatic rings. The molecule has 2 heterocycles. The Bertz CT molecular complexity index is 926. The number of aromatic nitrogens is 1. The molecule has 4 rings (SSSR count). The average Bonchev–Trinajstić information content (AvgIpc) is 3.26. The normalized spacial score (nSPS) is 30.5. The Morgan fingerprint density at radius 1 is 1.41 bits per heavy atom. The zero-order valence-electron chi connectivity index (χ0n) is 19.9. The third kappa shape index (κ3) is 5.66. The molecule has 188 valence electrons. The molecular formula is C24H34F3N5O2. The number of morpholine rings is 1. The van der Waals surface area contributed by atoms with E-state index in [1.165, 1.54) is 6.20 Å². The highest BCUT2D eigenvalue weighted by atomic mass is 19.4. The lowest BCUT2D eigenvalue weighted by Crippen LogP contribution is -2.46. The summed E-state index contributed by atoms with van der Waals surface area (Å²) >= 11 is 0. The van der Waals surface area contributed by atoms with Gasteiger partial charge in [-0.1, -0.05) is 6.92 Å². The van der Waals surface area contributed by atoms with Crippen LogP contribution in [0.5, 0.6) is 5.75 Å². The maximum Gasteiger partial charge on any atom is 0.573 e. The SMILES string of the molecule is CCC(C)N/C(=C\C(=N)c1cnc(N)c(OC(F)(F)F)c1)[C@H]1[C@@H]2C[C@H](N3CCO[C@@H](C)C3)C[C@@H]21. The Labute approximate surface area is 198 Å². The Kier molecular flexibility index (Phi) is 7.09. The Morgan fingerprint density at radius 3 is 2.74 bits per heavy atom. The van der Waals surface area contributed by atoms with Crippen molar-refractivity contribution in [3.05, 3.63) is 29.6 Å². The maximum absolute atomic E-state index is 12.7. The van der Waals surface area contributed by atoms with Crippen molar-refractivity contribution in [3.63, 3.8) is 0 Å². The molecule has 1 unspecified atom stereocenters. The van der Waals surface area contributed by atoms with Crippen LogP contribution in [-0.2, 0) is 4.74 Å². The van der Waals surface area contributed by atoms with E-state index in [4.69, 9.17) is 15.9 Å². The topological polar surface area (TPSA) is 96.5 Å². The molecule has 1 aromatic heterocycles. The first-order valence-corrected chi connectivity index (χ1v) is 12.0. The second kappa shape index (κ2) is 9.73. The number of hydrogen-bond acceptors (Lipinski definition) is 7. The van der Waals surface area contributed by atoms with Crippen molar-refractivity contribution < 1.29 is 22.6 Å². The minimum atomic E-state index is -4.88. The largest absolute Gasteiger partial charge is 0.573 e. The number of anilines is 1. The summed E-state index contributed by atoms with van der Waals surface area (Å²) in [6.45, 7) is 9.03. The van der Waals surface area contributed by atoms with Gasteiger partial charge in [0.25, 0.3) is 0 Å². The number of nitrogen functional groups attached to an aromatic ring is 1. The molecule has 1 aromatic rings. The van der Waals surface area contributed by atoms with Crippen molar-refractivity contribution in [1.82, 2.24) is 15.2 Å². The zero-order valence-corrected chi connectivity index (χ0v) is 19.9. The number of allylic oxidation sites excluding steroid dienone is 2. The van der Waals surface area contributed by atoms with E-state index in [1.54, 1.807) is 6.08 Å². The third-order valence-corrected chi connectivity index (χ3v) is 7.31. The summed E-state index contributed by atoms with van der Waals surface area (Å²) < 4.78 is 47.7. The van der Waals surface area contributed by atoms with Gasteiger partial charge in [0.2, 0.25) is 0 Å². The van der Waals surface area contributed by atoms with Gasteiger partial charge in [-0.05, 0) is 57.1 Å². The molecule has 2 saturated carbocycles. The molecule has 6 atom stereocenters. The molecule has 4 N–H and O–H groups in total. The van der Waals surface area contributed by atoms with Crippen LogP contribution in [0.3, 0.4) is 0 Å². The molecular weight excluding hydrogens is 447 g/mol. The summed E-state index contributed by atoms with van der Waals surface area (Å²) in [7, 11) is 0. The number of fused-ring (bicyclic) bond motifs is 1. The van der Waals surface area contributed by atoms with Crippen molar-refractivity contribution in [2.75, 3.05) is 25.4 Å². The standard InChI is InChI=1S/C24H34F3N5O2/c1-4-13(2)31-20(10-19(28)15-7-21(23(29)30-11-15)34-24(25,26)27)22-17-8-16(9-18(17)22)32-5-6-33-14(3)12-32/h7,10-11,13-14,16-18,22,28,31H,4-6,8-9,12H2,1-3H3,(H2,29,30)/b20-10-,28-19?/t13?,14-,16-,17+,18-,22-/m0/s1. The van der Waals surface area contributed by atoms with Crippen LogP contribution < -0.4 is 15.8 Å². The van der Waals surface area contributed by atoms with Gasteiger partial charge in [0.1, 0.15) is 0 Å². The fourth-order valence-electron chi connectivity index (χ4n) is 5.42. The first-order valence-electron chi connectivity index (χ1n) is 12.0. The van der Waals surface area contributed by atoms with E-state index >= 15 is 0 Å². The minimum absolute atomic E-state index is 0.0776. The molecule has 3 fully saturated rings. The number of rotatable bonds is 8. The van der Waals surface area contributed by atoms with Crippen LogP contribution in [0.1, 0.15) is 45.6 Å². The highest BCUT2D eigenvalue weighted by Gasteiger charge is 2.58. The lowest BCUT2D eigenvalue weighted by Gasteiger charge is -2.36. The van der Waals surface area contributed by atoms with E-state index in [0.717, 1.165) is 50.7 Å². The van der Waals surface area contributed by atoms with Gasteiger partial charge in [-0.25, -0.2) is 4.98 Å². The fourth-order valence-corrected chi connectivity index (χ4v) is 5.42. The second-order valence-electron chi connectivity index (χ2n) is 9.78. The van der Waals surface area contributed by atoms with Gasteiger partial charge in [0, 0.05) is 48.5 Å². The molecule has 0 aromatic carbocycles. The van der Waals surface area contributed by atoms with Crippen LogP contribution in [0, 0.1) is 23.2 Å². The zero-order chi connectivity index (χ0) is 24.6. The van der Waals surface area contributed by atoms with E-state index < -0.39 is 12.1 Å². The third-order valence-electron chi connectivity index (χ3n) is 7.31. The predicted octanol–water partition coefficient (Wildman–Crippen LogP) is 3.95. The van der Waals surface area contributed by atoms with Gasteiger partial charge in [-0.15, -0.1) is 13.2 Å². The monoisotopic (exact) mass is 481 g/mol. The summed E-state index contributed by atoms with van der Waals surface area (Å²) in [4.78, 5) is 6.35. The van der Waals surface area contributed by atoms with Crippen LogP contribution in [0.25, 0.3) is 0 Å². The van der Waals surface area contributed by atoms with Gasteiger partial charge >= 0.3 is 6.36 Å². The van der Waals surface area contributed by atoms with E-state index in [2.05, 4.69) is 40.7 Å². The van der Waals surface area contributed by atoms with Crippen LogP contribution in [0.4, 0.5) is 19.0 Å². The Morgan fingerprint density at radius 2 is 2.12 bits per heavy atom. The number of nitrogens with one attached hydrogen (secondary N) is 2. The van der Waals surface area contributed by atoms with Crippen LogP contribution in [0.15, 0.2) is 24.0 Å². The highest BCUT2D eigenvalue weighted by molar-refractivity contribution is 6.07. The van der Waals surface area contributed by atoms with Crippen LogP contribution in [0.2, 0.25) is 0 Å². The summed E-state index contributed by atoms with van der Waals surface area (Å²) in [6, 6.07) is 1.93. The van der Waals surface area contributed by atoms with Crippen molar-refractivity contribution in [2.24, 2.45) is 17.8 Å². The molecule has 0 spiro atoms. The smallest absolute Gasteiger partial charge is 0.402 e. The first kappa shape index (κ1) is 24.8. The molecule has 0 radical (unpaired) electrons. The van der Waals surface area contributed by atoms with Gasteiger partial charge < -0.3 is 25.9 Å². The van der Waals surface area contributed by atoms with E-state index in [1.807, 2.05) is 0 Å². The Hall–Kier alpha value is -2.33. The van der Waals surface area contributed by atoms with Gasteiger partial charge in [0.15, 0.2) is 11.6 Å². The minimum Gasteiger partial charge on any atom is -0.402 e. The Balaban J connectivity index is 1.48. The summed E-state index contributed by atoms with van der Waals surface area (Å²) in [5.41, 5.74) is 6.83. The van der Waals surface area contributed by atoms with Gasteiger partial charge in [0.05, 0.1) is 18.4 Å².